The van der Waals surface area contributed by atoms with Crippen molar-refractivity contribution in [2.45, 2.75) is 6.54 Å². The van der Waals surface area contributed by atoms with Gasteiger partial charge in [0.25, 0.3) is 5.91 Å². The molecule has 3 aromatic rings. The molecule has 0 radical (unpaired) electrons. The lowest BCUT2D eigenvalue weighted by atomic mass is 10.1. The van der Waals surface area contributed by atoms with E-state index < -0.39 is 11.9 Å². The highest BCUT2D eigenvalue weighted by Gasteiger charge is 2.14. The molecule has 0 spiro atoms. The molecule has 0 aliphatic rings. The first-order valence-electron chi connectivity index (χ1n) is 8.97. The van der Waals surface area contributed by atoms with Gasteiger partial charge >= 0.3 is 10.8 Å². The highest BCUT2D eigenvalue weighted by atomic mass is 35.5. The second-order valence-electron chi connectivity index (χ2n) is 6.20. The van der Waals surface area contributed by atoms with Crippen molar-refractivity contribution >= 4 is 41.0 Å². The van der Waals surface area contributed by atoms with E-state index in [4.69, 9.17) is 21.1 Å². The molecule has 1 aromatic heterocycles. The number of rotatable bonds is 7. The van der Waals surface area contributed by atoms with Gasteiger partial charge in [0, 0.05) is 0 Å². The Morgan fingerprint density at radius 2 is 1.97 bits per heavy atom. The normalized spacial score (nSPS) is 10.8. The van der Waals surface area contributed by atoms with Crippen LogP contribution in [0.15, 0.2) is 58.4 Å². The summed E-state index contributed by atoms with van der Waals surface area (Å²) >= 11 is 7.24. The Hall–Kier alpha value is -3.43. The van der Waals surface area contributed by atoms with Gasteiger partial charge in [-0.1, -0.05) is 47.2 Å². The minimum atomic E-state index is -0.468. The summed E-state index contributed by atoms with van der Waals surface area (Å²) < 4.78 is 11.2. The maximum Gasteiger partial charge on any atom is 0.337 e. The minimum absolute atomic E-state index is 0.167. The smallest absolute Gasteiger partial charge is 0.337 e. The van der Waals surface area contributed by atoms with E-state index in [-0.39, 0.29) is 16.6 Å². The van der Waals surface area contributed by atoms with E-state index in [2.05, 4.69) is 10.5 Å². The van der Waals surface area contributed by atoms with Crippen LogP contribution < -0.4 is 15.0 Å². The predicted octanol–water partition coefficient (Wildman–Crippen LogP) is 3.17. The van der Waals surface area contributed by atoms with Gasteiger partial charge in [-0.15, -0.1) is 0 Å². The number of hydrogen-bond acceptors (Lipinski definition) is 7. The van der Waals surface area contributed by atoms with Crippen LogP contribution in [0.2, 0.25) is 5.15 Å². The average molecular weight is 460 g/mol. The van der Waals surface area contributed by atoms with Crippen LogP contribution in [0.4, 0.5) is 0 Å². The van der Waals surface area contributed by atoms with E-state index in [0.717, 1.165) is 11.3 Å². The van der Waals surface area contributed by atoms with E-state index >= 15 is 0 Å². The summed E-state index contributed by atoms with van der Waals surface area (Å²) in [5, 5.41) is 4.07. The maximum atomic E-state index is 12.4. The summed E-state index contributed by atoms with van der Waals surface area (Å²) in [5.74, 6) is -0.515. The molecule has 0 aliphatic carbocycles. The van der Waals surface area contributed by atoms with Crippen molar-refractivity contribution < 1.29 is 19.1 Å². The third-order valence-electron chi connectivity index (χ3n) is 4.25. The van der Waals surface area contributed by atoms with Gasteiger partial charge in [-0.25, -0.2) is 10.2 Å². The zero-order valence-electron chi connectivity index (χ0n) is 16.6. The topological polar surface area (TPSA) is 99.0 Å². The number of para-hydroxylation sites is 1. The Labute approximate surface area is 186 Å². The van der Waals surface area contributed by atoms with Crippen LogP contribution in [0.5, 0.6) is 5.75 Å². The SMILES string of the molecule is COC(=O)c1cccc(Cn2c(Cl)c(/C=N/NC(=O)c3ccccc3OC)sc2=O)c1. The number of hydrazone groups is 1. The van der Waals surface area contributed by atoms with Gasteiger partial charge in [-0.05, 0) is 29.8 Å². The predicted molar refractivity (Wildman–Crippen MR) is 119 cm³/mol. The standard InChI is InChI=1S/C21H18ClN3O5S/c1-29-16-9-4-3-8-15(16)19(26)24-23-11-17-18(22)25(21(28)31-17)12-13-6-5-7-14(10-13)20(27)30-2/h3-11H,12H2,1-2H3,(H,24,26)/b23-11+. The largest absolute Gasteiger partial charge is 0.496 e. The van der Waals surface area contributed by atoms with E-state index in [1.165, 1.54) is 25.0 Å². The number of hydrogen-bond donors (Lipinski definition) is 1. The number of nitrogens with one attached hydrogen (secondary N) is 1. The maximum absolute atomic E-state index is 12.4. The van der Waals surface area contributed by atoms with Crippen LogP contribution in [0.3, 0.4) is 0 Å². The van der Waals surface area contributed by atoms with Crippen LogP contribution in [-0.2, 0) is 11.3 Å². The first-order valence-corrected chi connectivity index (χ1v) is 10.2. The zero-order chi connectivity index (χ0) is 22.4. The molecule has 0 saturated carbocycles. The Bertz CT molecular complexity index is 1200. The third-order valence-corrected chi connectivity index (χ3v) is 5.68. The van der Waals surface area contributed by atoms with Crippen LogP contribution in [0, 0.1) is 0 Å². The first kappa shape index (κ1) is 22.3. The number of carbonyl (C=O) groups is 2. The van der Waals surface area contributed by atoms with Gasteiger partial charge in [-0.3, -0.25) is 14.2 Å². The first-order chi connectivity index (χ1) is 14.9. The molecule has 3 rings (SSSR count). The molecule has 8 nitrogen and oxygen atoms in total. The summed E-state index contributed by atoms with van der Waals surface area (Å²) in [6.07, 6.45) is 1.31. The lowest BCUT2D eigenvalue weighted by molar-refractivity contribution is 0.0600. The second kappa shape index (κ2) is 10.1. The monoisotopic (exact) mass is 459 g/mol. The van der Waals surface area contributed by atoms with Crippen molar-refractivity contribution in [3.8, 4) is 5.75 Å². The fraction of sp³-hybridized carbons (Fsp3) is 0.143. The van der Waals surface area contributed by atoms with Crippen LogP contribution in [0.25, 0.3) is 0 Å². The molecular weight excluding hydrogens is 442 g/mol. The number of ether oxygens (including phenoxy) is 2. The number of amides is 1. The number of nitrogens with zero attached hydrogens (tertiary/aromatic N) is 2. The molecular formula is C21H18ClN3O5S. The number of esters is 1. The Morgan fingerprint density at radius 3 is 2.71 bits per heavy atom. The number of aromatic nitrogens is 1. The van der Waals surface area contributed by atoms with Gasteiger partial charge in [0.05, 0.1) is 43.0 Å². The molecule has 10 heteroatoms. The summed E-state index contributed by atoms with van der Waals surface area (Å²) in [4.78, 5) is 36.5. The molecule has 1 N–H and O–H groups in total. The highest BCUT2D eigenvalue weighted by Crippen LogP contribution is 2.19. The molecule has 0 bridgehead atoms. The summed E-state index contributed by atoms with van der Waals surface area (Å²) in [6.45, 7) is 0.167. The van der Waals surface area contributed by atoms with Crippen molar-refractivity contribution in [1.29, 1.82) is 0 Å². The average Bonchev–Trinajstić information content (AvgIpc) is 3.06. The number of methoxy groups -OCH3 is 2. The Morgan fingerprint density at radius 1 is 1.19 bits per heavy atom. The van der Waals surface area contributed by atoms with Gasteiger partial charge < -0.3 is 9.47 Å². The quantitative estimate of drug-likeness (QED) is 0.332. The van der Waals surface area contributed by atoms with Crippen molar-refractivity contribution in [3.63, 3.8) is 0 Å². The van der Waals surface area contributed by atoms with E-state index in [0.29, 0.717) is 27.3 Å². The molecule has 0 saturated heterocycles. The minimum Gasteiger partial charge on any atom is -0.496 e. The summed E-state index contributed by atoms with van der Waals surface area (Å²) in [5.41, 5.74) is 3.80. The van der Waals surface area contributed by atoms with Crippen LogP contribution in [-0.4, -0.2) is 36.9 Å². The fourth-order valence-corrected chi connectivity index (χ4v) is 3.86. The van der Waals surface area contributed by atoms with E-state index in [9.17, 15) is 14.4 Å². The van der Waals surface area contributed by atoms with Crippen LogP contribution >= 0.6 is 22.9 Å². The zero-order valence-corrected chi connectivity index (χ0v) is 18.2. The second-order valence-corrected chi connectivity index (χ2v) is 7.55. The Balaban J connectivity index is 1.75. The van der Waals surface area contributed by atoms with Crippen molar-refractivity contribution in [2.24, 2.45) is 5.10 Å². The van der Waals surface area contributed by atoms with Crippen molar-refractivity contribution in [3.05, 3.63) is 84.9 Å². The Kier molecular flexibility index (Phi) is 7.22. The number of halogens is 1. The van der Waals surface area contributed by atoms with Gasteiger partial charge in [0.1, 0.15) is 10.9 Å². The van der Waals surface area contributed by atoms with E-state index in [1.807, 2.05) is 0 Å². The summed E-state index contributed by atoms with van der Waals surface area (Å²) in [6, 6.07) is 13.4. The number of benzene rings is 2. The van der Waals surface area contributed by atoms with Gasteiger partial charge in [0.15, 0.2) is 0 Å². The van der Waals surface area contributed by atoms with Crippen LogP contribution in [0.1, 0.15) is 31.2 Å². The highest BCUT2D eigenvalue weighted by molar-refractivity contribution is 7.11. The molecule has 31 heavy (non-hydrogen) atoms. The molecule has 0 fully saturated rings. The molecule has 0 unspecified atom stereocenters. The lowest BCUT2D eigenvalue weighted by Crippen LogP contribution is -2.18. The fourth-order valence-electron chi connectivity index (χ4n) is 2.76. The molecule has 2 aromatic carbocycles. The molecule has 1 amide bonds. The summed E-state index contributed by atoms with van der Waals surface area (Å²) in [7, 11) is 2.77. The van der Waals surface area contributed by atoms with Gasteiger partial charge in [-0.2, -0.15) is 5.10 Å². The number of carbonyl (C=O) groups excluding carboxylic acids is 2. The van der Waals surface area contributed by atoms with E-state index in [1.54, 1.807) is 48.5 Å². The molecule has 160 valence electrons. The molecule has 1 heterocycles. The van der Waals surface area contributed by atoms with Crippen molar-refractivity contribution in [2.75, 3.05) is 14.2 Å². The lowest BCUT2D eigenvalue weighted by Gasteiger charge is -2.06. The molecule has 0 atom stereocenters. The van der Waals surface area contributed by atoms with Crippen molar-refractivity contribution in [1.82, 2.24) is 9.99 Å². The third kappa shape index (κ3) is 5.19. The molecule has 0 aliphatic heterocycles. The number of thiazole rings is 1. The van der Waals surface area contributed by atoms with Gasteiger partial charge in [0.2, 0.25) is 0 Å².